The third kappa shape index (κ3) is 13.5. The van der Waals surface area contributed by atoms with Crippen LogP contribution in [0.2, 0.25) is 0 Å². The van der Waals surface area contributed by atoms with Crippen molar-refractivity contribution >= 4 is 22.8 Å². The zero-order valence-corrected chi connectivity index (χ0v) is 12.1. The summed E-state index contributed by atoms with van der Waals surface area (Å²) in [6, 6.07) is 0. The van der Waals surface area contributed by atoms with Crippen LogP contribution in [-0.4, -0.2) is 42.8 Å². The number of hydrogen-bond donors (Lipinski definition) is 2. The van der Waals surface area contributed by atoms with Crippen molar-refractivity contribution in [3.8, 4) is 0 Å². The van der Waals surface area contributed by atoms with Gasteiger partial charge in [0.1, 0.15) is 0 Å². The monoisotopic (exact) mass is 262 g/mol. The Morgan fingerprint density at radius 1 is 1.35 bits per heavy atom. The van der Waals surface area contributed by atoms with Crippen LogP contribution < -0.4 is 5.48 Å². The highest BCUT2D eigenvalue weighted by Crippen LogP contribution is 1.99. The first kappa shape index (κ1) is 16.6. The molecule has 0 rings (SSSR count). The summed E-state index contributed by atoms with van der Waals surface area (Å²) >= 11 is 1.16. The molecule has 0 aliphatic carbocycles. The molecule has 0 fully saturated rings. The lowest BCUT2D eigenvalue weighted by Crippen LogP contribution is -2.17. The lowest BCUT2D eigenvalue weighted by molar-refractivity contribution is -0.147. The van der Waals surface area contributed by atoms with Crippen molar-refractivity contribution in [1.29, 1.82) is 0 Å². The maximum atomic E-state index is 11.2. The van der Waals surface area contributed by atoms with Crippen molar-refractivity contribution in [1.82, 2.24) is 10.4 Å². The minimum absolute atomic E-state index is 0.168. The van der Waals surface area contributed by atoms with Gasteiger partial charge in [0, 0.05) is 11.9 Å². The second-order valence-electron chi connectivity index (χ2n) is 4.24. The van der Waals surface area contributed by atoms with E-state index < -0.39 is 0 Å². The molecule has 0 unspecified atom stereocenters. The molecule has 0 saturated carbocycles. The summed E-state index contributed by atoms with van der Waals surface area (Å²) < 4.78 is 0. The van der Waals surface area contributed by atoms with Gasteiger partial charge in [-0.25, -0.2) is 0 Å². The second kappa shape index (κ2) is 12.1. The van der Waals surface area contributed by atoms with Crippen LogP contribution in [0.1, 0.15) is 39.0 Å². The van der Waals surface area contributed by atoms with E-state index in [0.29, 0.717) is 6.42 Å². The maximum absolute atomic E-state index is 11.2. The third-order valence-corrected chi connectivity index (χ3v) is 3.06. The zero-order chi connectivity index (χ0) is 12.9. The van der Waals surface area contributed by atoms with Gasteiger partial charge in [-0.2, -0.15) is 11.4 Å². The minimum Gasteiger partial charge on any atom is -0.366 e. The Morgan fingerprint density at radius 2 is 2.12 bits per heavy atom. The molecule has 0 aromatic rings. The Kier molecular flexibility index (Phi) is 11.8. The zero-order valence-electron chi connectivity index (χ0n) is 11.2. The largest absolute Gasteiger partial charge is 0.366 e. The molecule has 0 aromatic heterocycles. The number of rotatable bonds is 10. The number of unbranched alkanes of at least 4 members (excludes halogenated alkanes) is 2. The van der Waals surface area contributed by atoms with Gasteiger partial charge >= 0.3 is 5.97 Å². The first-order valence-electron chi connectivity index (χ1n) is 6.25. The van der Waals surface area contributed by atoms with Gasteiger partial charge in [-0.1, -0.05) is 19.8 Å². The molecule has 0 saturated heterocycles. The van der Waals surface area contributed by atoms with Gasteiger partial charge in [-0.3, -0.25) is 4.79 Å². The molecule has 5 heteroatoms. The van der Waals surface area contributed by atoms with Crippen LogP contribution in [0.15, 0.2) is 0 Å². The minimum atomic E-state index is -0.168. The molecule has 0 radical (unpaired) electrons. The van der Waals surface area contributed by atoms with E-state index in [4.69, 9.17) is 4.84 Å². The molecular weight excluding hydrogens is 236 g/mol. The summed E-state index contributed by atoms with van der Waals surface area (Å²) in [5.41, 5.74) is 4.38. The number of carbonyl (C=O) groups excluding carboxylic acids is 1. The second-order valence-corrected chi connectivity index (χ2v) is 5.31. The summed E-state index contributed by atoms with van der Waals surface area (Å²) in [6.07, 6.45) is 4.78. The summed E-state index contributed by atoms with van der Waals surface area (Å²) in [5, 5.41) is 0. The van der Waals surface area contributed by atoms with Crippen LogP contribution in [0.25, 0.3) is 0 Å². The van der Waals surface area contributed by atoms with E-state index in [1.165, 1.54) is 0 Å². The van der Waals surface area contributed by atoms with Gasteiger partial charge in [0.05, 0.1) is 0 Å². The van der Waals surface area contributed by atoms with Crippen LogP contribution in [-0.2, 0) is 9.63 Å². The number of nitrogens with one attached hydrogen (secondary N) is 1. The van der Waals surface area contributed by atoms with E-state index in [-0.39, 0.29) is 5.97 Å². The first-order valence-corrected chi connectivity index (χ1v) is 7.40. The van der Waals surface area contributed by atoms with Gasteiger partial charge in [0.15, 0.2) is 0 Å². The van der Waals surface area contributed by atoms with Gasteiger partial charge in [0.2, 0.25) is 0 Å². The third-order valence-electron chi connectivity index (χ3n) is 2.19. The number of thiol groups is 1. The Balaban J connectivity index is 3.30. The predicted octanol–water partition coefficient (Wildman–Crippen LogP) is 1.79. The lowest BCUT2D eigenvalue weighted by atomic mass is 10.2. The van der Waals surface area contributed by atoms with Crippen molar-refractivity contribution in [3.05, 3.63) is 0 Å². The van der Waals surface area contributed by atoms with Gasteiger partial charge in [-0.15, -0.1) is 5.48 Å². The highest BCUT2D eigenvalue weighted by atomic mass is 32.1. The molecular formula is C12H26N2O2S. The highest BCUT2D eigenvalue weighted by molar-refractivity contribution is 7.97. The average molecular weight is 262 g/mol. The van der Waals surface area contributed by atoms with Crippen LogP contribution in [0.4, 0.5) is 0 Å². The first-order chi connectivity index (χ1) is 8.16. The molecule has 0 aliphatic rings. The SMILES string of the molecule is CCCCCC(=O)ONC=[SH]CCCN(C)C. The topological polar surface area (TPSA) is 41.6 Å². The fourth-order valence-corrected chi connectivity index (χ4v) is 1.82. The number of hydrogen-bond acceptors (Lipinski definition) is 3. The summed E-state index contributed by atoms with van der Waals surface area (Å²) in [5.74, 6) is 0.914. The number of hydroxylamine groups is 1. The Morgan fingerprint density at radius 3 is 2.76 bits per heavy atom. The fraction of sp³-hybridized carbons (Fsp3) is 0.833. The Hall–Kier alpha value is -0.390. The fourth-order valence-electron chi connectivity index (χ4n) is 1.24. The molecule has 0 atom stereocenters. The van der Waals surface area contributed by atoms with Crippen molar-refractivity contribution in [2.24, 2.45) is 0 Å². The highest BCUT2D eigenvalue weighted by Gasteiger charge is 2.00. The van der Waals surface area contributed by atoms with Crippen LogP contribution in [0.3, 0.4) is 0 Å². The van der Waals surface area contributed by atoms with E-state index in [9.17, 15) is 4.79 Å². The van der Waals surface area contributed by atoms with E-state index in [2.05, 4.69) is 31.4 Å². The maximum Gasteiger partial charge on any atom is 0.325 e. The summed E-state index contributed by atoms with van der Waals surface area (Å²) in [7, 11) is 4.13. The van der Waals surface area contributed by atoms with Crippen molar-refractivity contribution in [2.75, 3.05) is 26.4 Å². The lowest BCUT2D eigenvalue weighted by Gasteiger charge is -2.06. The van der Waals surface area contributed by atoms with Crippen LogP contribution >= 0.6 is 11.4 Å². The van der Waals surface area contributed by atoms with E-state index in [1.54, 1.807) is 5.49 Å². The molecule has 0 spiro atoms. The molecule has 1 N–H and O–H groups in total. The predicted molar refractivity (Wildman–Crippen MR) is 76.5 cm³/mol. The van der Waals surface area contributed by atoms with E-state index >= 15 is 0 Å². The summed E-state index contributed by atoms with van der Waals surface area (Å²) in [6.45, 7) is 3.21. The average Bonchev–Trinajstić information content (AvgIpc) is 2.28. The van der Waals surface area contributed by atoms with Gasteiger partial charge in [0.25, 0.3) is 0 Å². The van der Waals surface area contributed by atoms with Crippen molar-refractivity contribution < 1.29 is 9.63 Å². The van der Waals surface area contributed by atoms with Gasteiger partial charge in [-0.05, 0) is 39.2 Å². The Labute approximate surface area is 109 Å². The normalized spacial score (nSPS) is 11.8. The number of carbonyl (C=O) groups is 1. The van der Waals surface area contributed by atoms with Crippen molar-refractivity contribution in [3.63, 3.8) is 0 Å². The smallest absolute Gasteiger partial charge is 0.325 e. The Bertz CT molecular complexity index is 221. The quantitative estimate of drug-likeness (QED) is 0.273. The molecule has 0 amide bonds. The van der Waals surface area contributed by atoms with Crippen LogP contribution in [0.5, 0.6) is 0 Å². The molecule has 0 bridgehead atoms. The molecule has 102 valence electrons. The molecule has 0 aromatic carbocycles. The molecule has 4 nitrogen and oxygen atoms in total. The molecule has 17 heavy (non-hydrogen) atoms. The van der Waals surface area contributed by atoms with Gasteiger partial charge < -0.3 is 9.74 Å². The van der Waals surface area contributed by atoms with Crippen LogP contribution in [0, 0.1) is 0 Å². The number of nitrogens with zero attached hydrogens (tertiary/aromatic N) is 1. The van der Waals surface area contributed by atoms with E-state index in [1.807, 2.05) is 0 Å². The standard InChI is InChI=1S/C12H26N2O2S/c1-4-5-6-8-12(15)16-13-11-17-10-7-9-14(2)3/h11,13,17H,4-10H2,1-3H3. The molecule has 0 aliphatic heterocycles. The summed E-state index contributed by atoms with van der Waals surface area (Å²) in [4.78, 5) is 18.2. The molecule has 0 heterocycles. The van der Waals surface area contributed by atoms with Crippen molar-refractivity contribution in [2.45, 2.75) is 39.0 Å². The van der Waals surface area contributed by atoms with E-state index in [0.717, 1.165) is 49.3 Å².